The van der Waals surface area contributed by atoms with E-state index < -0.39 is 11.9 Å². The molecular weight excluding hydrogens is 620 g/mol. The largest absolute Gasteiger partial charge is 0.423 e. The zero-order valence-electron chi connectivity index (χ0n) is 26.6. The number of nitrogens with one attached hydrogen (secondary N) is 2. The van der Waals surface area contributed by atoms with Gasteiger partial charge in [0.15, 0.2) is 0 Å². The summed E-state index contributed by atoms with van der Waals surface area (Å²) in [5, 5.41) is 4.36. The molecule has 6 heteroatoms. The molecule has 0 saturated heterocycles. The summed E-state index contributed by atoms with van der Waals surface area (Å²) in [7, 11) is 0. The summed E-state index contributed by atoms with van der Waals surface area (Å²) in [6, 6.07) is 50.0. The Balaban J connectivity index is 1.22. The van der Waals surface area contributed by atoms with Crippen molar-refractivity contribution in [1.82, 2.24) is 9.97 Å². The lowest BCUT2D eigenvalue weighted by Gasteiger charge is -2.14. The first-order valence-corrected chi connectivity index (χ1v) is 16.3. The van der Waals surface area contributed by atoms with Crippen LogP contribution in [0.15, 0.2) is 158 Å². The smallest absolute Gasteiger partial charge is 0.343 e. The van der Waals surface area contributed by atoms with Gasteiger partial charge in [-0.25, -0.2) is 9.59 Å². The van der Waals surface area contributed by atoms with Crippen LogP contribution in [0.5, 0.6) is 11.5 Å². The lowest BCUT2D eigenvalue weighted by molar-refractivity contribution is 0.0725. The van der Waals surface area contributed by atoms with Crippen molar-refractivity contribution >= 4 is 55.6 Å². The molecule has 0 atom stereocenters. The number of ether oxygens (including phenoxy) is 2. The Hall–Kier alpha value is -6.92. The Labute approximate surface area is 286 Å². The average Bonchev–Trinajstić information content (AvgIpc) is 3.74. The highest BCUT2D eigenvalue weighted by Crippen LogP contribution is 2.48. The number of esters is 2. The van der Waals surface area contributed by atoms with Crippen LogP contribution in [0.3, 0.4) is 0 Å². The van der Waals surface area contributed by atoms with Crippen molar-refractivity contribution < 1.29 is 19.1 Å². The number of benzene rings is 7. The van der Waals surface area contributed by atoms with Gasteiger partial charge in [0.05, 0.1) is 22.2 Å². The third-order valence-corrected chi connectivity index (χ3v) is 9.14. The van der Waals surface area contributed by atoms with Crippen LogP contribution in [0.25, 0.3) is 65.9 Å². The van der Waals surface area contributed by atoms with Gasteiger partial charge in [-0.3, -0.25) is 0 Å². The van der Waals surface area contributed by atoms with Crippen LogP contribution in [0.2, 0.25) is 0 Å². The van der Waals surface area contributed by atoms with Gasteiger partial charge in [-0.05, 0) is 71.8 Å². The second-order valence-corrected chi connectivity index (χ2v) is 12.2. The molecule has 2 heterocycles. The summed E-state index contributed by atoms with van der Waals surface area (Å²) in [6.45, 7) is 0. The van der Waals surface area contributed by atoms with Crippen molar-refractivity contribution in [3.8, 4) is 33.8 Å². The molecule has 0 aliphatic heterocycles. The minimum Gasteiger partial charge on any atom is -0.423 e. The average molecular weight is 649 g/mol. The number of aromatic amines is 2. The lowest BCUT2D eigenvalue weighted by Crippen LogP contribution is -2.07. The van der Waals surface area contributed by atoms with Gasteiger partial charge in [0.1, 0.15) is 11.5 Å². The van der Waals surface area contributed by atoms with Crippen molar-refractivity contribution in [2.75, 3.05) is 0 Å². The molecule has 6 nitrogen and oxygen atoms in total. The number of carbonyl (C=O) groups is 2. The molecule has 9 rings (SSSR count). The fourth-order valence-corrected chi connectivity index (χ4v) is 6.87. The number of H-pyrrole nitrogens is 2. The third kappa shape index (κ3) is 4.98. The molecule has 0 aliphatic carbocycles. The number of para-hydroxylation sites is 2. The summed E-state index contributed by atoms with van der Waals surface area (Å²) in [6.07, 6.45) is 0. The van der Waals surface area contributed by atoms with Crippen molar-refractivity contribution in [3.63, 3.8) is 0 Å². The highest BCUT2D eigenvalue weighted by molar-refractivity contribution is 6.32. The number of hydrogen-bond acceptors (Lipinski definition) is 4. The van der Waals surface area contributed by atoms with E-state index in [0.29, 0.717) is 22.6 Å². The summed E-state index contributed by atoms with van der Waals surface area (Å²) >= 11 is 0. The number of rotatable bonds is 6. The minimum absolute atomic E-state index is 0.401. The second kappa shape index (κ2) is 12.0. The first kappa shape index (κ1) is 29.2. The van der Waals surface area contributed by atoms with Gasteiger partial charge < -0.3 is 19.4 Å². The van der Waals surface area contributed by atoms with Crippen LogP contribution < -0.4 is 9.47 Å². The van der Waals surface area contributed by atoms with Crippen molar-refractivity contribution in [2.45, 2.75) is 0 Å². The van der Waals surface area contributed by atoms with Gasteiger partial charge in [-0.2, -0.15) is 0 Å². The maximum Gasteiger partial charge on any atom is 0.343 e. The number of hydrogen-bond donors (Lipinski definition) is 2. The van der Waals surface area contributed by atoms with E-state index in [1.807, 2.05) is 97.1 Å². The van der Waals surface area contributed by atoms with Gasteiger partial charge in [0, 0.05) is 43.7 Å². The Kier molecular flexibility index (Phi) is 6.99. The standard InChI is InChI=1S/C44H28N2O4/c47-43(29-11-3-1-4-12-29)49-31-23-19-27(20-24-31)37-39-33-15-7-9-17-35(33)45-41(39)38(42-40(37)34-16-8-10-18-36(34)46-42)28-21-25-32(26-22-28)50-44(48)30-13-5-2-6-14-30/h1-26,45-46H. The minimum atomic E-state index is -0.403. The van der Waals surface area contributed by atoms with Gasteiger partial charge in [-0.1, -0.05) is 97.1 Å². The van der Waals surface area contributed by atoms with Crippen LogP contribution in [0.1, 0.15) is 20.7 Å². The lowest BCUT2D eigenvalue weighted by atomic mass is 9.90. The molecule has 2 aromatic heterocycles. The third-order valence-electron chi connectivity index (χ3n) is 9.14. The zero-order valence-corrected chi connectivity index (χ0v) is 26.6. The first-order valence-electron chi connectivity index (χ1n) is 16.3. The summed E-state index contributed by atoms with van der Waals surface area (Å²) in [4.78, 5) is 33.1. The van der Waals surface area contributed by atoms with Gasteiger partial charge in [0.25, 0.3) is 0 Å². The highest BCUT2D eigenvalue weighted by Gasteiger charge is 2.24. The van der Waals surface area contributed by atoms with Gasteiger partial charge >= 0.3 is 11.9 Å². The molecule has 0 aliphatic rings. The Bertz CT molecular complexity index is 2620. The molecule has 0 amide bonds. The van der Waals surface area contributed by atoms with E-state index in [9.17, 15) is 9.59 Å². The van der Waals surface area contributed by atoms with Crippen LogP contribution in [-0.2, 0) is 0 Å². The van der Waals surface area contributed by atoms with Crippen LogP contribution >= 0.6 is 0 Å². The van der Waals surface area contributed by atoms with Crippen molar-refractivity contribution in [1.29, 1.82) is 0 Å². The quantitative estimate of drug-likeness (QED) is 0.139. The normalized spacial score (nSPS) is 11.4. The Morgan fingerprint density at radius 2 is 0.780 bits per heavy atom. The molecule has 0 spiro atoms. The Morgan fingerprint density at radius 1 is 0.400 bits per heavy atom. The molecule has 50 heavy (non-hydrogen) atoms. The monoisotopic (exact) mass is 648 g/mol. The summed E-state index contributed by atoms with van der Waals surface area (Å²) in [5.41, 5.74) is 9.03. The van der Waals surface area contributed by atoms with E-state index in [1.54, 1.807) is 24.3 Å². The zero-order chi connectivity index (χ0) is 33.6. The predicted octanol–water partition coefficient (Wildman–Crippen LogP) is 10.7. The van der Waals surface area contributed by atoms with E-state index in [2.05, 4.69) is 46.4 Å². The van der Waals surface area contributed by atoms with E-state index >= 15 is 0 Å². The summed E-state index contributed by atoms with van der Waals surface area (Å²) < 4.78 is 11.4. The predicted molar refractivity (Wildman–Crippen MR) is 199 cm³/mol. The fraction of sp³-hybridized carbons (Fsp3) is 0. The molecule has 9 aromatic rings. The summed E-state index contributed by atoms with van der Waals surface area (Å²) in [5.74, 6) is 0.131. The second-order valence-electron chi connectivity index (χ2n) is 12.2. The molecule has 0 bridgehead atoms. The molecule has 238 valence electrons. The molecule has 0 unspecified atom stereocenters. The maximum absolute atomic E-state index is 12.8. The molecule has 7 aromatic carbocycles. The molecule has 2 N–H and O–H groups in total. The molecule has 0 radical (unpaired) electrons. The van der Waals surface area contributed by atoms with Crippen LogP contribution in [0.4, 0.5) is 0 Å². The number of carbonyl (C=O) groups excluding carboxylic acids is 2. The van der Waals surface area contributed by atoms with Crippen LogP contribution in [-0.4, -0.2) is 21.9 Å². The van der Waals surface area contributed by atoms with E-state index in [-0.39, 0.29) is 0 Å². The fourth-order valence-electron chi connectivity index (χ4n) is 6.87. The Morgan fingerprint density at radius 3 is 1.22 bits per heavy atom. The SMILES string of the molecule is O=C(Oc1ccc(-c2c3[nH]c4ccccc4c3c(-c3ccc(OC(=O)c4ccccc4)cc3)c3c2[nH]c2ccccc23)cc1)c1ccccc1. The topological polar surface area (TPSA) is 84.2 Å². The molecule has 0 saturated carbocycles. The van der Waals surface area contributed by atoms with Crippen LogP contribution in [0, 0.1) is 0 Å². The maximum atomic E-state index is 12.8. The van der Waals surface area contributed by atoms with Gasteiger partial charge in [-0.15, -0.1) is 0 Å². The van der Waals surface area contributed by atoms with Gasteiger partial charge in [0.2, 0.25) is 0 Å². The van der Waals surface area contributed by atoms with E-state index in [1.165, 1.54) is 0 Å². The van der Waals surface area contributed by atoms with Crippen molar-refractivity contribution in [3.05, 3.63) is 169 Å². The number of aromatic nitrogens is 2. The molecule has 0 fully saturated rings. The van der Waals surface area contributed by atoms with E-state index in [4.69, 9.17) is 9.47 Å². The molecular formula is C44H28N2O4. The van der Waals surface area contributed by atoms with E-state index in [0.717, 1.165) is 65.9 Å². The first-order chi connectivity index (χ1) is 24.6. The van der Waals surface area contributed by atoms with Crippen molar-refractivity contribution in [2.24, 2.45) is 0 Å². The highest BCUT2D eigenvalue weighted by atomic mass is 16.5. The number of fused-ring (bicyclic) bond motifs is 6.